The maximum absolute atomic E-state index is 9.77. The summed E-state index contributed by atoms with van der Waals surface area (Å²) in [4.78, 5) is 0. The molecule has 0 spiro atoms. The zero-order valence-electron chi connectivity index (χ0n) is 13.1. The van der Waals surface area contributed by atoms with E-state index in [9.17, 15) is 5.11 Å². The Morgan fingerprint density at radius 1 is 0.417 bits per heavy atom. The van der Waals surface area contributed by atoms with E-state index in [1.807, 2.05) is 116 Å². The second-order valence-electron chi connectivity index (χ2n) is 4.76. The van der Waals surface area contributed by atoms with E-state index in [2.05, 4.69) is 0 Å². The predicted octanol–water partition coefficient (Wildman–Crippen LogP) is 3.20. The maximum atomic E-state index is 9.77. The fraction of sp³-hybridized carbons (Fsp3) is 0.0476. The minimum absolute atomic E-state index is 0. The summed E-state index contributed by atoms with van der Waals surface area (Å²) in [6, 6.07) is 0. The van der Waals surface area contributed by atoms with Crippen molar-refractivity contribution in [2.24, 2.45) is 0 Å². The van der Waals surface area contributed by atoms with Crippen molar-refractivity contribution in [3.8, 4) is 0 Å². The molecular formula is C21H20Fe2O+4. The number of hydrogen-bond donors (Lipinski definition) is 1. The molecule has 4 aliphatic rings. The first-order valence-corrected chi connectivity index (χ1v) is 7.32. The molecule has 4 fully saturated rings. The zero-order valence-corrected chi connectivity index (χ0v) is 15.3. The fourth-order valence-electron chi connectivity index (χ4n) is 1.98. The van der Waals surface area contributed by atoms with Crippen molar-refractivity contribution in [1.29, 1.82) is 0 Å². The van der Waals surface area contributed by atoms with Gasteiger partial charge in [-0.2, -0.15) is 0 Å². The van der Waals surface area contributed by atoms with Gasteiger partial charge >= 0.3 is 34.1 Å². The molecule has 0 aliphatic heterocycles. The Labute approximate surface area is 172 Å². The number of aliphatic hydroxyl groups excluding tert-OH is 1. The third-order valence-corrected chi connectivity index (χ3v) is 3.12. The van der Waals surface area contributed by atoms with Crippen molar-refractivity contribution in [1.82, 2.24) is 0 Å². The summed E-state index contributed by atoms with van der Waals surface area (Å²) in [6.45, 7) is 0. The van der Waals surface area contributed by atoms with Crippen molar-refractivity contribution in [2.75, 3.05) is 0 Å². The van der Waals surface area contributed by atoms with Crippen LogP contribution in [0.3, 0.4) is 0 Å². The molecule has 3 heteroatoms. The van der Waals surface area contributed by atoms with E-state index >= 15 is 0 Å². The summed E-state index contributed by atoms with van der Waals surface area (Å²) in [5.41, 5.74) is 0. The molecule has 20 radical (unpaired) electrons. The second-order valence-corrected chi connectivity index (χ2v) is 4.76. The SMILES string of the molecule is OC([C]1[CH][CH][CH][CH]1)[C]1[CH][CH][CH][CH]1.[CH]1[CH][CH][CH][CH]1.[CH]1[CH][CH][CH][CH]1.[Fe+2].[Fe+2]. The summed E-state index contributed by atoms with van der Waals surface area (Å²) >= 11 is 0. The van der Waals surface area contributed by atoms with Gasteiger partial charge in [-0.1, -0.05) is 0 Å². The van der Waals surface area contributed by atoms with Crippen molar-refractivity contribution in [2.45, 2.75) is 6.10 Å². The first-order chi connectivity index (χ1) is 10.9. The van der Waals surface area contributed by atoms with Gasteiger partial charge in [0, 0.05) is 11.8 Å². The second kappa shape index (κ2) is 16.2. The molecule has 0 bridgehead atoms. The third kappa shape index (κ3) is 10.2. The first-order valence-electron chi connectivity index (χ1n) is 7.32. The standard InChI is InChI=1S/C11H10O.2C5H5.2Fe/c12-11(9-5-1-2-6-9)10-7-3-4-8-10;2*1-2-4-5-3-1;;/h1-8,11-12H;2*1-5H;;/q;;;2*+2. The number of hydrogen-bond acceptors (Lipinski definition) is 1. The normalized spacial score (nSPS) is 23.8. The quantitative estimate of drug-likeness (QED) is 0.707. The van der Waals surface area contributed by atoms with Crippen molar-refractivity contribution in [3.63, 3.8) is 0 Å². The molecule has 0 aromatic rings. The number of aliphatic hydroxyl groups is 1. The fourth-order valence-corrected chi connectivity index (χ4v) is 1.98. The van der Waals surface area contributed by atoms with Crippen LogP contribution in [-0.2, 0) is 34.1 Å². The van der Waals surface area contributed by atoms with E-state index in [0.717, 1.165) is 11.8 Å². The largest absolute Gasteiger partial charge is 2.00 e. The van der Waals surface area contributed by atoms with Gasteiger partial charge < -0.3 is 5.11 Å². The van der Waals surface area contributed by atoms with Gasteiger partial charge in [0.1, 0.15) is 0 Å². The van der Waals surface area contributed by atoms with Gasteiger partial charge in [0.15, 0.2) is 0 Å². The van der Waals surface area contributed by atoms with Crippen LogP contribution < -0.4 is 0 Å². The minimum Gasteiger partial charge on any atom is -0.392 e. The van der Waals surface area contributed by atoms with E-state index in [4.69, 9.17) is 0 Å². The topological polar surface area (TPSA) is 20.2 Å². The van der Waals surface area contributed by atoms with E-state index in [-0.39, 0.29) is 34.1 Å². The van der Waals surface area contributed by atoms with Crippen LogP contribution in [0.1, 0.15) is 0 Å². The van der Waals surface area contributed by atoms with Gasteiger partial charge in [-0.05, 0) is 116 Å². The Morgan fingerprint density at radius 3 is 0.833 bits per heavy atom. The van der Waals surface area contributed by atoms with Gasteiger partial charge in [0.2, 0.25) is 0 Å². The zero-order chi connectivity index (χ0) is 15.5. The summed E-state index contributed by atoms with van der Waals surface area (Å²) in [6.07, 6.45) is 35.0. The van der Waals surface area contributed by atoms with Crippen LogP contribution in [0.25, 0.3) is 0 Å². The Morgan fingerprint density at radius 2 is 0.625 bits per heavy atom. The molecule has 1 nitrogen and oxygen atoms in total. The van der Waals surface area contributed by atoms with Crippen LogP contribution in [0.4, 0.5) is 0 Å². The predicted molar refractivity (Wildman–Crippen MR) is 89.9 cm³/mol. The average molecular weight is 400 g/mol. The summed E-state index contributed by atoms with van der Waals surface area (Å²) < 4.78 is 0. The summed E-state index contributed by atoms with van der Waals surface area (Å²) in [5.74, 6) is 1.92. The molecule has 0 aromatic carbocycles. The molecule has 0 heterocycles. The minimum atomic E-state index is -0.463. The summed E-state index contributed by atoms with van der Waals surface area (Å²) in [7, 11) is 0. The number of rotatable bonds is 2. The van der Waals surface area contributed by atoms with Crippen molar-refractivity contribution in [3.05, 3.63) is 127 Å². The maximum Gasteiger partial charge on any atom is 2.00 e. The van der Waals surface area contributed by atoms with Crippen LogP contribution in [0.5, 0.6) is 0 Å². The Hall–Kier alpha value is 0.999. The van der Waals surface area contributed by atoms with Crippen LogP contribution in [0.15, 0.2) is 0 Å². The molecule has 0 aromatic heterocycles. The summed E-state index contributed by atoms with van der Waals surface area (Å²) in [5, 5.41) is 9.77. The first kappa shape index (κ1) is 25.0. The van der Waals surface area contributed by atoms with Crippen molar-refractivity contribution >= 4 is 0 Å². The molecule has 4 rings (SSSR count). The van der Waals surface area contributed by atoms with Crippen molar-refractivity contribution < 1.29 is 39.2 Å². The van der Waals surface area contributed by atoms with Crippen LogP contribution in [-0.4, -0.2) is 11.2 Å². The van der Waals surface area contributed by atoms with Gasteiger partial charge in [-0.3, -0.25) is 0 Å². The molecule has 24 heavy (non-hydrogen) atoms. The molecule has 4 aliphatic carbocycles. The molecule has 122 valence electrons. The van der Waals surface area contributed by atoms with E-state index in [1.165, 1.54) is 0 Å². The smallest absolute Gasteiger partial charge is 0.392 e. The Kier molecular flexibility index (Phi) is 16.9. The molecule has 0 amide bonds. The van der Waals surface area contributed by atoms with Gasteiger partial charge in [0.05, 0.1) is 6.10 Å². The molecule has 4 saturated carbocycles. The Balaban J connectivity index is 0.000000370. The average Bonchev–Trinajstić information content (AvgIpc) is 3.42. The van der Waals surface area contributed by atoms with Gasteiger partial charge in [0.25, 0.3) is 0 Å². The van der Waals surface area contributed by atoms with Gasteiger partial charge in [-0.25, -0.2) is 0 Å². The van der Waals surface area contributed by atoms with E-state index in [0.29, 0.717) is 0 Å². The molecular weight excluding hydrogens is 380 g/mol. The molecule has 0 unspecified atom stereocenters. The molecule has 1 N–H and O–H groups in total. The van der Waals surface area contributed by atoms with E-state index in [1.54, 1.807) is 0 Å². The molecule has 0 atom stereocenters. The van der Waals surface area contributed by atoms with Crippen LogP contribution >= 0.6 is 0 Å². The monoisotopic (exact) mass is 400 g/mol. The van der Waals surface area contributed by atoms with Crippen LogP contribution in [0, 0.1) is 127 Å². The Bertz CT molecular complexity index is 211. The van der Waals surface area contributed by atoms with Crippen LogP contribution in [0.2, 0.25) is 0 Å². The molecule has 0 saturated heterocycles. The third-order valence-electron chi connectivity index (χ3n) is 3.12. The van der Waals surface area contributed by atoms with E-state index < -0.39 is 6.10 Å². The van der Waals surface area contributed by atoms with Gasteiger partial charge in [-0.15, -0.1) is 0 Å².